The van der Waals surface area contributed by atoms with Crippen molar-refractivity contribution >= 4 is 11.8 Å². The molecule has 0 aliphatic carbocycles. The molecule has 2 rings (SSSR count). The van der Waals surface area contributed by atoms with Gasteiger partial charge in [0.1, 0.15) is 17.5 Å². The molecule has 0 spiro atoms. The number of nitrogens with zero attached hydrogens (tertiary/aromatic N) is 2. The molecule has 1 aliphatic rings. The zero-order valence-electron chi connectivity index (χ0n) is 14.6. The van der Waals surface area contributed by atoms with Gasteiger partial charge < -0.3 is 15.5 Å². The lowest BCUT2D eigenvalue weighted by molar-refractivity contribution is -0.127. The highest BCUT2D eigenvalue weighted by molar-refractivity contribution is 5.97. The third-order valence-corrected chi connectivity index (χ3v) is 4.14. The number of carbonyl (C=O) groups excluding carboxylic acids is 2. The molecule has 0 radical (unpaired) electrons. The van der Waals surface area contributed by atoms with Crippen molar-refractivity contribution in [2.45, 2.75) is 25.7 Å². The highest BCUT2D eigenvalue weighted by Crippen LogP contribution is 2.09. The van der Waals surface area contributed by atoms with Crippen LogP contribution in [-0.2, 0) is 16.0 Å². The maximum absolute atomic E-state index is 12.8. The minimum atomic E-state index is -0.436. The Hall–Kier alpha value is -2.88. The molecule has 1 aromatic rings. The predicted molar refractivity (Wildman–Crippen MR) is 95.2 cm³/mol. The first-order valence-corrected chi connectivity index (χ1v) is 8.74. The standard InChI is InChI=1S/C19H23FN4O2/c20-17-6-4-15(5-7-17)8-10-22-14-16(13-21)19(26)23-9-2-12-24-11-1-3-18(24)25/h4-7,14,22H,1-3,8-12H2,(H,23,26)/b16-14-. The van der Waals surface area contributed by atoms with Crippen LogP contribution in [0.2, 0.25) is 0 Å². The first-order chi connectivity index (χ1) is 12.6. The van der Waals surface area contributed by atoms with Crippen LogP contribution in [0.15, 0.2) is 36.0 Å². The van der Waals surface area contributed by atoms with Crippen LogP contribution >= 0.6 is 0 Å². The summed E-state index contributed by atoms with van der Waals surface area (Å²) < 4.78 is 12.8. The minimum absolute atomic E-state index is 0.00125. The summed E-state index contributed by atoms with van der Waals surface area (Å²) in [6.07, 6.45) is 4.21. The van der Waals surface area contributed by atoms with Gasteiger partial charge in [-0.2, -0.15) is 5.26 Å². The van der Waals surface area contributed by atoms with E-state index in [1.165, 1.54) is 18.3 Å². The number of rotatable bonds is 9. The van der Waals surface area contributed by atoms with E-state index in [0.717, 1.165) is 18.5 Å². The molecule has 26 heavy (non-hydrogen) atoms. The highest BCUT2D eigenvalue weighted by Gasteiger charge is 2.19. The van der Waals surface area contributed by atoms with Crippen molar-refractivity contribution in [1.82, 2.24) is 15.5 Å². The van der Waals surface area contributed by atoms with Crippen LogP contribution in [-0.4, -0.2) is 42.9 Å². The summed E-state index contributed by atoms with van der Waals surface area (Å²) in [7, 11) is 0. The summed E-state index contributed by atoms with van der Waals surface area (Å²) in [6.45, 7) is 2.35. The quantitative estimate of drug-likeness (QED) is 0.398. The summed E-state index contributed by atoms with van der Waals surface area (Å²) in [6, 6.07) is 8.06. The van der Waals surface area contributed by atoms with Crippen LogP contribution in [0.3, 0.4) is 0 Å². The summed E-state index contributed by atoms with van der Waals surface area (Å²) in [5.41, 5.74) is 0.966. The first-order valence-electron chi connectivity index (χ1n) is 8.74. The Labute approximate surface area is 152 Å². The SMILES string of the molecule is N#C/C(=C/NCCc1ccc(F)cc1)C(=O)NCCCN1CCCC1=O. The van der Waals surface area contributed by atoms with Crippen LogP contribution in [0.5, 0.6) is 0 Å². The van der Waals surface area contributed by atoms with Crippen molar-refractivity contribution in [3.05, 3.63) is 47.4 Å². The molecule has 1 saturated heterocycles. The Kier molecular flexibility index (Phi) is 7.62. The number of benzene rings is 1. The number of likely N-dealkylation sites (tertiary alicyclic amines) is 1. The molecule has 1 aliphatic heterocycles. The zero-order chi connectivity index (χ0) is 18.8. The molecule has 7 heteroatoms. The number of hydrogen-bond acceptors (Lipinski definition) is 4. The molecule has 0 saturated carbocycles. The molecule has 0 aromatic heterocycles. The Morgan fingerprint density at radius 2 is 2.08 bits per heavy atom. The number of hydrogen-bond donors (Lipinski definition) is 2. The lowest BCUT2D eigenvalue weighted by atomic mass is 10.1. The third-order valence-electron chi connectivity index (χ3n) is 4.14. The predicted octanol–water partition coefficient (Wildman–Crippen LogP) is 1.49. The number of nitriles is 1. The molecule has 2 amide bonds. The Morgan fingerprint density at radius 1 is 1.31 bits per heavy atom. The molecule has 1 fully saturated rings. The van der Waals surface area contributed by atoms with Crippen LogP contribution in [0, 0.1) is 17.1 Å². The normalized spacial score (nSPS) is 14.2. The zero-order valence-corrected chi connectivity index (χ0v) is 14.6. The van der Waals surface area contributed by atoms with E-state index in [1.54, 1.807) is 17.0 Å². The maximum Gasteiger partial charge on any atom is 0.263 e. The lowest BCUT2D eigenvalue weighted by Crippen LogP contribution is -2.31. The van der Waals surface area contributed by atoms with Crippen molar-refractivity contribution in [3.8, 4) is 6.07 Å². The Bertz CT molecular complexity index is 694. The van der Waals surface area contributed by atoms with Crippen molar-refractivity contribution in [2.24, 2.45) is 0 Å². The van der Waals surface area contributed by atoms with Crippen molar-refractivity contribution in [2.75, 3.05) is 26.2 Å². The first kappa shape index (κ1) is 19.4. The van der Waals surface area contributed by atoms with Crippen molar-refractivity contribution < 1.29 is 14.0 Å². The largest absolute Gasteiger partial charge is 0.389 e. The summed E-state index contributed by atoms with van der Waals surface area (Å²) in [5.74, 6) is -0.548. The highest BCUT2D eigenvalue weighted by atomic mass is 19.1. The van der Waals surface area contributed by atoms with E-state index < -0.39 is 5.91 Å². The average Bonchev–Trinajstić information content (AvgIpc) is 3.05. The molecule has 1 aromatic carbocycles. The second-order valence-electron chi connectivity index (χ2n) is 6.09. The molecule has 2 N–H and O–H groups in total. The third kappa shape index (κ3) is 6.20. The van der Waals surface area contributed by atoms with Crippen LogP contribution in [0.4, 0.5) is 4.39 Å². The average molecular weight is 358 g/mol. The number of halogens is 1. The maximum atomic E-state index is 12.8. The van der Waals surface area contributed by atoms with Gasteiger partial charge in [-0.1, -0.05) is 12.1 Å². The van der Waals surface area contributed by atoms with Gasteiger partial charge in [0.05, 0.1) is 0 Å². The van der Waals surface area contributed by atoms with Crippen LogP contribution in [0.1, 0.15) is 24.8 Å². The Morgan fingerprint density at radius 3 is 2.73 bits per heavy atom. The van der Waals surface area contributed by atoms with Gasteiger partial charge in [0, 0.05) is 38.8 Å². The summed E-state index contributed by atoms with van der Waals surface area (Å²) in [4.78, 5) is 25.3. The molecular formula is C19H23FN4O2. The Balaban J connectivity index is 1.66. The van der Waals surface area contributed by atoms with E-state index >= 15 is 0 Å². The number of nitrogens with one attached hydrogen (secondary N) is 2. The summed E-state index contributed by atoms with van der Waals surface area (Å²) in [5, 5.41) is 14.7. The van der Waals surface area contributed by atoms with E-state index in [2.05, 4.69) is 10.6 Å². The number of carbonyl (C=O) groups is 2. The van der Waals surface area contributed by atoms with E-state index in [0.29, 0.717) is 38.9 Å². The monoisotopic (exact) mass is 358 g/mol. The van der Waals surface area contributed by atoms with Crippen molar-refractivity contribution in [3.63, 3.8) is 0 Å². The fourth-order valence-electron chi connectivity index (χ4n) is 2.70. The lowest BCUT2D eigenvalue weighted by Gasteiger charge is -2.15. The second-order valence-corrected chi connectivity index (χ2v) is 6.09. The van der Waals surface area contributed by atoms with Crippen LogP contribution in [0.25, 0.3) is 0 Å². The van der Waals surface area contributed by atoms with Gasteiger partial charge in [-0.05, 0) is 37.0 Å². The minimum Gasteiger partial charge on any atom is -0.389 e. The molecule has 1 heterocycles. The van der Waals surface area contributed by atoms with Gasteiger partial charge >= 0.3 is 0 Å². The molecule has 0 atom stereocenters. The summed E-state index contributed by atoms with van der Waals surface area (Å²) >= 11 is 0. The van der Waals surface area contributed by atoms with Gasteiger partial charge in [-0.25, -0.2) is 4.39 Å². The van der Waals surface area contributed by atoms with Gasteiger partial charge in [0.25, 0.3) is 5.91 Å². The van der Waals surface area contributed by atoms with Gasteiger partial charge in [-0.15, -0.1) is 0 Å². The topological polar surface area (TPSA) is 85.2 Å². The van der Waals surface area contributed by atoms with E-state index in [9.17, 15) is 14.0 Å². The molecule has 138 valence electrons. The van der Waals surface area contributed by atoms with Crippen molar-refractivity contribution in [1.29, 1.82) is 5.26 Å². The molecule has 6 nitrogen and oxygen atoms in total. The van der Waals surface area contributed by atoms with Gasteiger partial charge in [-0.3, -0.25) is 9.59 Å². The van der Waals surface area contributed by atoms with E-state index in [-0.39, 0.29) is 17.3 Å². The van der Waals surface area contributed by atoms with Gasteiger partial charge in [0.15, 0.2) is 0 Å². The molecule has 0 bridgehead atoms. The fraction of sp³-hybridized carbons (Fsp3) is 0.421. The van der Waals surface area contributed by atoms with E-state index in [4.69, 9.17) is 5.26 Å². The van der Waals surface area contributed by atoms with Gasteiger partial charge in [0.2, 0.25) is 5.91 Å². The number of amides is 2. The second kappa shape index (κ2) is 10.2. The van der Waals surface area contributed by atoms with Crippen LogP contribution < -0.4 is 10.6 Å². The smallest absolute Gasteiger partial charge is 0.263 e. The van der Waals surface area contributed by atoms with E-state index in [1.807, 2.05) is 6.07 Å². The molecular weight excluding hydrogens is 335 g/mol. The fourth-order valence-corrected chi connectivity index (χ4v) is 2.70. The molecule has 0 unspecified atom stereocenters.